The van der Waals surface area contributed by atoms with Crippen molar-refractivity contribution in [2.45, 2.75) is 39.1 Å². The van der Waals surface area contributed by atoms with Crippen LogP contribution in [0.25, 0.3) is 0 Å². The van der Waals surface area contributed by atoms with Crippen LogP contribution in [0.15, 0.2) is 59.6 Å². The van der Waals surface area contributed by atoms with Gasteiger partial charge in [-0.05, 0) is 55.2 Å². The molecule has 0 radical (unpaired) electrons. The number of hydrogen-bond acceptors (Lipinski definition) is 4. The third kappa shape index (κ3) is 5.07. The van der Waals surface area contributed by atoms with E-state index in [4.69, 9.17) is 0 Å². The summed E-state index contributed by atoms with van der Waals surface area (Å²) in [6, 6.07) is 13.3. The summed E-state index contributed by atoms with van der Waals surface area (Å²) in [5.41, 5.74) is 2.38. The van der Waals surface area contributed by atoms with E-state index in [1.54, 1.807) is 48.1 Å². The van der Waals surface area contributed by atoms with Gasteiger partial charge in [-0.25, -0.2) is 13.1 Å². The Hall–Kier alpha value is -3.13. The van der Waals surface area contributed by atoms with Gasteiger partial charge < -0.3 is 5.32 Å². The van der Waals surface area contributed by atoms with Crippen LogP contribution >= 0.6 is 0 Å². The van der Waals surface area contributed by atoms with Gasteiger partial charge in [0.15, 0.2) is 0 Å². The van der Waals surface area contributed by atoms with E-state index in [1.165, 1.54) is 12.1 Å². The summed E-state index contributed by atoms with van der Waals surface area (Å²) < 4.78 is 30.0. The molecular formula is C22H26N4O3S. The maximum absolute atomic E-state index is 12.9. The van der Waals surface area contributed by atoms with Gasteiger partial charge in [-0.2, -0.15) is 5.10 Å². The molecule has 0 aliphatic heterocycles. The minimum Gasteiger partial charge on any atom is -0.307 e. The smallest absolute Gasteiger partial charge is 0.261 e. The van der Waals surface area contributed by atoms with Crippen LogP contribution in [0.1, 0.15) is 35.3 Å². The molecule has 0 saturated heterocycles. The number of aryl methyl sites for hydroxylation is 2. The van der Waals surface area contributed by atoms with Crippen LogP contribution in [0.2, 0.25) is 0 Å². The molecule has 0 unspecified atom stereocenters. The monoisotopic (exact) mass is 426 g/mol. The highest BCUT2D eigenvalue weighted by atomic mass is 32.2. The molecule has 3 rings (SSSR count). The van der Waals surface area contributed by atoms with E-state index in [9.17, 15) is 13.2 Å². The average Bonchev–Trinajstić information content (AvgIpc) is 3.07. The fraction of sp³-hybridized carbons (Fsp3) is 0.273. The molecule has 0 bridgehead atoms. The summed E-state index contributed by atoms with van der Waals surface area (Å²) in [5, 5.41) is 7.07. The Morgan fingerprint density at radius 3 is 2.57 bits per heavy atom. The molecule has 0 aliphatic rings. The Balaban J connectivity index is 1.86. The first-order valence-electron chi connectivity index (χ1n) is 9.69. The Labute approximate surface area is 177 Å². The highest BCUT2D eigenvalue weighted by Gasteiger charge is 2.19. The molecule has 2 N–H and O–H groups in total. The molecule has 0 saturated carbocycles. The minimum atomic E-state index is -3.84. The number of anilines is 2. The van der Waals surface area contributed by atoms with Gasteiger partial charge in [-0.3, -0.25) is 9.52 Å². The number of nitrogens with zero attached hydrogens (tertiary/aromatic N) is 2. The van der Waals surface area contributed by atoms with Crippen molar-refractivity contribution in [1.82, 2.24) is 9.78 Å². The maximum Gasteiger partial charge on any atom is 0.261 e. The standard InChI is InChI=1S/C22H26N4O3S/c1-15(2)14-26-21(10-11-23-26)24-22(27)20-13-19(9-8-17(20)4)30(28,29)25-18-7-5-6-16(3)12-18/h5-13,15,25H,14H2,1-4H3,(H,24,27). The van der Waals surface area contributed by atoms with E-state index in [1.807, 2.05) is 13.0 Å². The van der Waals surface area contributed by atoms with Gasteiger partial charge in [0.05, 0.1) is 11.1 Å². The summed E-state index contributed by atoms with van der Waals surface area (Å²) in [6.07, 6.45) is 1.62. The van der Waals surface area contributed by atoms with Gasteiger partial charge in [0.1, 0.15) is 5.82 Å². The molecule has 1 aromatic heterocycles. The molecule has 1 heterocycles. The second-order valence-corrected chi connectivity index (χ2v) is 9.38. The van der Waals surface area contributed by atoms with Crippen molar-refractivity contribution in [2.24, 2.45) is 5.92 Å². The second-order valence-electron chi connectivity index (χ2n) is 7.70. The van der Waals surface area contributed by atoms with Crippen molar-refractivity contribution >= 4 is 27.4 Å². The Bertz CT molecular complexity index is 1170. The number of sulfonamides is 1. The summed E-state index contributed by atoms with van der Waals surface area (Å²) in [6.45, 7) is 8.44. The van der Waals surface area contributed by atoms with Gasteiger partial charge in [0, 0.05) is 23.9 Å². The van der Waals surface area contributed by atoms with Crippen molar-refractivity contribution in [1.29, 1.82) is 0 Å². The van der Waals surface area contributed by atoms with Crippen LogP contribution < -0.4 is 10.0 Å². The highest BCUT2D eigenvalue weighted by molar-refractivity contribution is 7.92. The largest absolute Gasteiger partial charge is 0.307 e. The first-order chi connectivity index (χ1) is 14.2. The number of benzene rings is 2. The molecule has 158 valence electrons. The van der Waals surface area contributed by atoms with E-state index in [0.29, 0.717) is 35.1 Å². The molecule has 2 aromatic carbocycles. The summed E-state index contributed by atoms with van der Waals surface area (Å²) >= 11 is 0. The lowest BCUT2D eigenvalue weighted by Gasteiger charge is -2.13. The zero-order valence-corrected chi connectivity index (χ0v) is 18.3. The molecule has 0 spiro atoms. The van der Waals surface area contributed by atoms with Crippen molar-refractivity contribution in [3.8, 4) is 0 Å². The van der Waals surface area contributed by atoms with Crippen LogP contribution in [0, 0.1) is 19.8 Å². The zero-order chi connectivity index (χ0) is 21.9. The molecule has 1 amide bonds. The molecule has 0 atom stereocenters. The molecule has 8 heteroatoms. The van der Waals surface area contributed by atoms with Crippen LogP contribution in [0.4, 0.5) is 11.5 Å². The first-order valence-corrected chi connectivity index (χ1v) is 11.2. The number of rotatable bonds is 7. The fourth-order valence-electron chi connectivity index (χ4n) is 3.05. The highest BCUT2D eigenvalue weighted by Crippen LogP contribution is 2.21. The van der Waals surface area contributed by atoms with Crippen molar-refractivity contribution in [3.05, 3.63) is 71.4 Å². The van der Waals surface area contributed by atoms with Gasteiger partial charge >= 0.3 is 0 Å². The quantitative estimate of drug-likeness (QED) is 0.592. The van der Waals surface area contributed by atoms with Crippen LogP contribution in [0.5, 0.6) is 0 Å². The zero-order valence-electron chi connectivity index (χ0n) is 17.5. The third-order valence-corrected chi connectivity index (χ3v) is 5.91. The van der Waals surface area contributed by atoms with Crippen molar-refractivity contribution in [2.75, 3.05) is 10.0 Å². The SMILES string of the molecule is Cc1cccc(NS(=O)(=O)c2ccc(C)c(C(=O)Nc3ccnn3CC(C)C)c2)c1. The summed E-state index contributed by atoms with van der Waals surface area (Å²) in [5.74, 6) is 0.549. The molecule has 30 heavy (non-hydrogen) atoms. The number of amides is 1. The maximum atomic E-state index is 12.9. The minimum absolute atomic E-state index is 0.0236. The first kappa shape index (κ1) is 21.6. The Morgan fingerprint density at radius 2 is 1.87 bits per heavy atom. The second kappa shape index (κ2) is 8.71. The third-order valence-electron chi connectivity index (χ3n) is 4.53. The molecule has 7 nitrogen and oxygen atoms in total. The predicted octanol–water partition coefficient (Wildman–Crippen LogP) is 4.21. The lowest BCUT2D eigenvalue weighted by molar-refractivity contribution is 0.102. The summed E-state index contributed by atoms with van der Waals surface area (Å²) in [7, 11) is -3.84. The normalized spacial score (nSPS) is 11.5. The topological polar surface area (TPSA) is 93.1 Å². The number of carbonyl (C=O) groups excluding carboxylic acids is 1. The van der Waals surface area contributed by atoms with E-state index >= 15 is 0 Å². The Kier molecular flexibility index (Phi) is 6.26. The number of hydrogen-bond donors (Lipinski definition) is 2. The fourth-order valence-corrected chi connectivity index (χ4v) is 4.12. The molecule has 3 aromatic rings. The van der Waals surface area contributed by atoms with E-state index in [0.717, 1.165) is 5.56 Å². The van der Waals surface area contributed by atoms with Crippen molar-refractivity contribution in [3.63, 3.8) is 0 Å². The average molecular weight is 427 g/mol. The molecular weight excluding hydrogens is 400 g/mol. The van der Waals surface area contributed by atoms with E-state index in [-0.39, 0.29) is 10.8 Å². The summed E-state index contributed by atoms with van der Waals surface area (Å²) in [4.78, 5) is 12.9. The van der Waals surface area contributed by atoms with Crippen LogP contribution in [-0.2, 0) is 16.6 Å². The lowest BCUT2D eigenvalue weighted by atomic mass is 10.1. The van der Waals surface area contributed by atoms with Gasteiger partial charge in [0.25, 0.3) is 15.9 Å². The number of nitrogens with one attached hydrogen (secondary N) is 2. The lowest BCUT2D eigenvalue weighted by Crippen LogP contribution is -2.19. The van der Waals surface area contributed by atoms with Gasteiger partial charge in [0.2, 0.25) is 0 Å². The number of carbonyl (C=O) groups is 1. The van der Waals surface area contributed by atoms with Crippen molar-refractivity contribution < 1.29 is 13.2 Å². The van der Waals surface area contributed by atoms with Gasteiger partial charge in [-0.1, -0.05) is 32.0 Å². The van der Waals surface area contributed by atoms with E-state index < -0.39 is 10.0 Å². The van der Waals surface area contributed by atoms with E-state index in [2.05, 4.69) is 29.0 Å². The molecule has 0 fully saturated rings. The number of aromatic nitrogens is 2. The predicted molar refractivity (Wildman–Crippen MR) is 118 cm³/mol. The van der Waals surface area contributed by atoms with Crippen LogP contribution in [0.3, 0.4) is 0 Å². The van der Waals surface area contributed by atoms with Crippen LogP contribution in [-0.4, -0.2) is 24.1 Å². The Morgan fingerprint density at radius 1 is 1.10 bits per heavy atom. The van der Waals surface area contributed by atoms with Gasteiger partial charge in [-0.15, -0.1) is 0 Å². The molecule has 0 aliphatic carbocycles.